The topological polar surface area (TPSA) is 380 Å². The van der Waals surface area contributed by atoms with E-state index in [1.807, 2.05) is 22.9 Å². The first-order chi connectivity index (χ1) is 31.9. The van der Waals surface area contributed by atoms with Gasteiger partial charge in [-0.05, 0) is 36.2 Å². The van der Waals surface area contributed by atoms with Gasteiger partial charge in [-0.2, -0.15) is 0 Å². The van der Waals surface area contributed by atoms with Gasteiger partial charge in [0.05, 0.1) is 44.3 Å². The predicted molar refractivity (Wildman–Crippen MR) is 241 cm³/mol. The zero-order valence-electron chi connectivity index (χ0n) is 35.8. The number of nitrogens with zero attached hydrogens (tertiary/aromatic N) is 2. The van der Waals surface area contributed by atoms with Gasteiger partial charge in [-0.25, -0.2) is 4.98 Å². The minimum Gasteiger partial charge on any atom is -0.394 e. The summed E-state index contributed by atoms with van der Waals surface area (Å²) in [6.45, 7) is -0.0769. The Labute approximate surface area is 405 Å². The third kappa shape index (κ3) is 12.9. The Morgan fingerprint density at radius 1 is 0.657 bits per heavy atom. The second-order valence-corrected chi connectivity index (χ2v) is 18.4. The molecule has 0 spiro atoms. The van der Waals surface area contributed by atoms with Crippen LogP contribution in [-0.2, 0) is 46.3 Å². The van der Waals surface area contributed by atoms with Gasteiger partial charge in [-0.3, -0.25) is 0 Å². The molecule has 1 saturated carbocycles. The number of aliphatic hydroxyl groups excluding tert-OH is 7. The molecule has 67 heavy (non-hydrogen) atoms. The quantitative estimate of drug-likeness (QED) is 0.0752. The van der Waals surface area contributed by atoms with E-state index in [1.54, 1.807) is 36.8 Å². The molecule has 26 heteroatoms. The Kier molecular flexibility index (Phi) is 19.8. The number of aromatic nitrogens is 2. The molecule has 1 unspecified atom stereocenters. The minimum atomic E-state index is -1.60. The van der Waals surface area contributed by atoms with Gasteiger partial charge in [0.25, 0.3) is 0 Å². The molecule has 1 aromatic heterocycles. The van der Waals surface area contributed by atoms with E-state index in [0.717, 1.165) is 11.1 Å². The molecule has 4 aliphatic rings. The van der Waals surface area contributed by atoms with E-state index in [4.69, 9.17) is 114 Å². The Morgan fingerprint density at radius 2 is 1.21 bits per heavy atom. The molecular weight excluding hydrogens is 970 g/mol. The summed E-state index contributed by atoms with van der Waals surface area (Å²) in [7, 11) is 0. The Morgan fingerprint density at radius 3 is 1.75 bits per heavy atom. The number of rotatable bonds is 15. The lowest BCUT2D eigenvalue weighted by Crippen LogP contribution is -2.68. The molecular formula is C41H60Cl4N8O14. The lowest BCUT2D eigenvalue weighted by atomic mass is 9.84. The Hall–Kier alpha value is -1.99. The molecule has 4 heterocycles. The lowest BCUT2D eigenvalue weighted by Gasteiger charge is -2.47. The zero-order chi connectivity index (χ0) is 48.9. The molecule has 2 aromatic carbocycles. The maximum atomic E-state index is 11.1. The maximum absolute atomic E-state index is 11.1. The van der Waals surface area contributed by atoms with Crippen LogP contribution in [0.25, 0.3) is 0 Å². The van der Waals surface area contributed by atoms with Crippen molar-refractivity contribution in [3.05, 3.63) is 86.3 Å². The van der Waals surface area contributed by atoms with Crippen LogP contribution in [0.2, 0.25) is 20.1 Å². The second kappa shape index (κ2) is 24.4. The summed E-state index contributed by atoms with van der Waals surface area (Å²) in [5, 5.41) is 75.3. The molecule has 0 radical (unpaired) electrons. The first-order valence-corrected chi connectivity index (χ1v) is 22.9. The summed E-state index contributed by atoms with van der Waals surface area (Å²) in [5.74, 6) is 0. The summed E-state index contributed by atoms with van der Waals surface area (Å²) in [4.78, 5) is 4.07. The van der Waals surface area contributed by atoms with E-state index in [1.165, 1.54) is 0 Å². The van der Waals surface area contributed by atoms with Crippen molar-refractivity contribution >= 4 is 46.4 Å². The monoisotopic (exact) mass is 1030 g/mol. The van der Waals surface area contributed by atoms with Gasteiger partial charge in [-0.1, -0.05) is 58.5 Å². The van der Waals surface area contributed by atoms with Gasteiger partial charge in [0.15, 0.2) is 18.9 Å². The molecule has 1 aliphatic carbocycles. The van der Waals surface area contributed by atoms with E-state index in [-0.39, 0.29) is 25.6 Å². The molecule has 19 N–H and O–H groups in total. The average molecular weight is 1030 g/mol. The van der Waals surface area contributed by atoms with Crippen molar-refractivity contribution in [3.8, 4) is 0 Å². The van der Waals surface area contributed by atoms with Crippen molar-refractivity contribution in [1.29, 1.82) is 0 Å². The van der Waals surface area contributed by atoms with Crippen molar-refractivity contribution in [1.82, 2.24) is 9.55 Å². The Bertz CT molecular complexity index is 2010. The highest BCUT2D eigenvalue weighted by Gasteiger charge is 2.54. The van der Waals surface area contributed by atoms with Crippen molar-refractivity contribution in [3.63, 3.8) is 0 Å². The van der Waals surface area contributed by atoms with Gasteiger partial charge in [0, 0.05) is 63.2 Å². The highest BCUT2D eigenvalue weighted by Crippen LogP contribution is 2.35. The molecule has 3 saturated heterocycles. The summed E-state index contributed by atoms with van der Waals surface area (Å²) in [6.07, 6.45) is -14.7. The normalized spacial score (nSPS) is 38.3. The van der Waals surface area contributed by atoms with Crippen LogP contribution >= 0.6 is 46.4 Å². The molecule has 4 fully saturated rings. The molecule has 22 nitrogen and oxygen atoms in total. The number of aliphatic hydroxyl groups is 7. The van der Waals surface area contributed by atoms with Gasteiger partial charge < -0.3 is 108 Å². The number of benzene rings is 2. The fraction of sp³-hybridized carbons (Fsp3) is 0.634. The molecule has 376 valence electrons. The number of nitrogens with two attached hydrogens (primary N) is 6. The van der Waals surface area contributed by atoms with Crippen LogP contribution in [0.1, 0.15) is 23.7 Å². The van der Waals surface area contributed by atoms with Gasteiger partial charge in [-0.15, -0.1) is 0 Å². The van der Waals surface area contributed by atoms with Crippen LogP contribution < -0.4 is 34.4 Å². The van der Waals surface area contributed by atoms with E-state index in [2.05, 4.69) is 4.98 Å². The van der Waals surface area contributed by atoms with Crippen LogP contribution in [-0.4, -0.2) is 181 Å². The zero-order valence-corrected chi connectivity index (χ0v) is 38.9. The first kappa shape index (κ1) is 54.3. The number of hydrogen-bond donors (Lipinski definition) is 13. The summed E-state index contributed by atoms with van der Waals surface area (Å²) in [5.41, 5.74) is 37.3. The van der Waals surface area contributed by atoms with E-state index in [9.17, 15) is 35.7 Å². The average Bonchev–Trinajstić information content (AvgIpc) is 3.92. The van der Waals surface area contributed by atoms with Gasteiger partial charge >= 0.3 is 0 Å². The molecule has 0 bridgehead atoms. The molecule has 7 rings (SSSR count). The van der Waals surface area contributed by atoms with Crippen molar-refractivity contribution in [2.45, 2.75) is 142 Å². The number of halogens is 4. The number of hydrogen-bond acceptors (Lipinski definition) is 21. The number of imidazole rings is 1. The molecule has 3 aromatic rings. The molecule has 3 aliphatic heterocycles. The molecule has 20 atom stereocenters. The van der Waals surface area contributed by atoms with Crippen LogP contribution in [0.5, 0.6) is 0 Å². The number of ether oxygens (including phenoxy) is 7. The summed E-state index contributed by atoms with van der Waals surface area (Å²) >= 11 is 24.5. The summed E-state index contributed by atoms with van der Waals surface area (Å²) < 4.78 is 42.7. The molecule has 0 amide bonds. The van der Waals surface area contributed by atoms with E-state index >= 15 is 0 Å². The van der Waals surface area contributed by atoms with Crippen LogP contribution in [0.15, 0.2) is 55.1 Å². The fourth-order valence-electron chi connectivity index (χ4n) is 8.16. The van der Waals surface area contributed by atoms with Crippen LogP contribution in [0.4, 0.5) is 0 Å². The highest BCUT2D eigenvalue weighted by atomic mass is 35.5. The predicted octanol–water partition coefficient (Wildman–Crippen LogP) is -2.44. The Balaban J connectivity index is 0.000000251. The standard InChI is InChI=1S/C23H46N6O13.C18H14Cl4N2O/c24-2-7-13(32)15(34)10(28)21(37-7)40-18-6(27)1-5(26)12(31)20(18)42-23-17(36)19(9(4-30)39-23)41-22-11(29)16(35)14(33)8(3-25)38-22;19-13-2-1-12(16(21)7-13)10-25-18(9-24-6-5-23-11-24)15-4-3-14(20)8-17(15)22/h5-23,30-36H,1-4,24-29H2;1-8,11,18H,9-10H2/t5-,6+,7-,8+,9-,10-,11-,12+,13-,14-,15-,16-,17-,18-,19-,20-,21-,22-,23+;/m1./s1. The van der Waals surface area contributed by atoms with Crippen molar-refractivity contribution in [2.75, 3.05) is 19.7 Å². The second-order valence-electron chi connectivity index (χ2n) is 16.7. The summed E-state index contributed by atoms with van der Waals surface area (Å²) in [6, 6.07) is 6.52. The van der Waals surface area contributed by atoms with Crippen molar-refractivity contribution in [2.24, 2.45) is 34.4 Å². The first-order valence-electron chi connectivity index (χ1n) is 21.4. The maximum Gasteiger partial charge on any atom is 0.187 e. The lowest BCUT2D eigenvalue weighted by molar-refractivity contribution is -0.306. The largest absolute Gasteiger partial charge is 0.394 e. The van der Waals surface area contributed by atoms with E-state index in [0.29, 0.717) is 33.2 Å². The smallest absolute Gasteiger partial charge is 0.187 e. The SMILES string of the molecule is Clc1ccc(COC(Cn2ccnc2)c2ccc(Cl)cc2Cl)c(Cl)c1.NC[C@@H]1O[C@H](O[C@H]2[C@@H](O)[C@H](O[C@@H]3[C@@H](O)[C@H](N)C[C@H](N)[C@H]3O[C@H]3O[C@H](CN)[C@@H](O)[C@H](O)[C@H]3N)O[C@@H]2CO)[C@H](N)[C@@H](O)[C@@H]1O. The third-order valence-corrected chi connectivity index (χ3v) is 13.2. The highest BCUT2D eigenvalue weighted by molar-refractivity contribution is 6.35. The minimum absolute atomic E-state index is 0.0889. The third-order valence-electron chi connectivity index (χ3n) is 12.1. The fourth-order valence-corrected chi connectivity index (χ4v) is 9.15. The van der Waals surface area contributed by atoms with Gasteiger partial charge in [0.2, 0.25) is 0 Å². The van der Waals surface area contributed by atoms with E-state index < -0.39 is 123 Å². The van der Waals surface area contributed by atoms with Crippen molar-refractivity contribution < 1.29 is 68.9 Å². The van der Waals surface area contributed by atoms with Gasteiger partial charge in [0.1, 0.15) is 73.2 Å². The van der Waals surface area contributed by atoms with Crippen LogP contribution in [0, 0.1) is 0 Å². The van der Waals surface area contributed by atoms with Crippen LogP contribution in [0.3, 0.4) is 0 Å².